The average molecular weight is 268 g/mol. The molecule has 0 bridgehead atoms. The van der Waals surface area contributed by atoms with Crippen LogP contribution in [0.1, 0.15) is 71.6 Å². The van der Waals surface area contributed by atoms with Crippen molar-refractivity contribution in [1.29, 1.82) is 0 Å². The fraction of sp³-hybridized carbons (Fsp3) is 0.938. The van der Waals surface area contributed by atoms with Crippen molar-refractivity contribution >= 4 is 5.91 Å². The Labute approximate surface area is 118 Å². The minimum absolute atomic E-state index is 0.243. The number of unbranched alkanes of at least 4 members (excludes halogenated alkanes) is 6. The van der Waals surface area contributed by atoms with E-state index in [1.54, 1.807) is 0 Å². The van der Waals surface area contributed by atoms with Gasteiger partial charge in [0.1, 0.15) is 0 Å². The van der Waals surface area contributed by atoms with Gasteiger partial charge in [-0.3, -0.25) is 4.79 Å². The Kier molecular flexibility index (Phi) is 8.89. The molecule has 1 amide bonds. The second kappa shape index (κ2) is 10.2. The van der Waals surface area contributed by atoms with E-state index in [2.05, 4.69) is 24.5 Å². The zero-order valence-electron chi connectivity index (χ0n) is 12.8. The van der Waals surface area contributed by atoms with Crippen LogP contribution in [0.5, 0.6) is 0 Å². The summed E-state index contributed by atoms with van der Waals surface area (Å²) in [7, 11) is 0. The van der Waals surface area contributed by atoms with Crippen LogP contribution in [0, 0.1) is 5.92 Å². The van der Waals surface area contributed by atoms with Gasteiger partial charge in [-0.25, -0.2) is 0 Å². The summed E-state index contributed by atoms with van der Waals surface area (Å²) >= 11 is 0. The van der Waals surface area contributed by atoms with Crippen molar-refractivity contribution < 1.29 is 4.79 Å². The van der Waals surface area contributed by atoms with Crippen molar-refractivity contribution in [3.05, 3.63) is 0 Å². The Morgan fingerprint density at radius 1 is 1.21 bits per heavy atom. The van der Waals surface area contributed by atoms with E-state index in [0.717, 1.165) is 19.5 Å². The van der Waals surface area contributed by atoms with E-state index < -0.39 is 0 Å². The number of rotatable bonds is 10. The summed E-state index contributed by atoms with van der Waals surface area (Å²) in [4.78, 5) is 11.8. The molecule has 3 nitrogen and oxygen atoms in total. The van der Waals surface area contributed by atoms with E-state index in [-0.39, 0.29) is 5.91 Å². The van der Waals surface area contributed by atoms with Crippen molar-refractivity contribution in [2.24, 2.45) is 5.92 Å². The van der Waals surface area contributed by atoms with E-state index >= 15 is 0 Å². The lowest BCUT2D eigenvalue weighted by molar-refractivity contribution is -0.122. The van der Waals surface area contributed by atoms with Gasteiger partial charge in [-0.05, 0) is 38.8 Å². The van der Waals surface area contributed by atoms with Crippen LogP contribution in [0.2, 0.25) is 0 Å². The zero-order valence-corrected chi connectivity index (χ0v) is 12.8. The van der Waals surface area contributed by atoms with Gasteiger partial charge in [-0.1, -0.05) is 45.4 Å². The first-order chi connectivity index (χ1) is 9.24. The fourth-order valence-electron chi connectivity index (χ4n) is 2.79. The molecule has 1 heterocycles. The number of hydrogen-bond donors (Lipinski definition) is 2. The topological polar surface area (TPSA) is 41.1 Å². The van der Waals surface area contributed by atoms with E-state index in [9.17, 15) is 4.79 Å². The maximum Gasteiger partial charge on any atom is 0.220 e. The highest BCUT2D eigenvalue weighted by Gasteiger charge is 2.22. The van der Waals surface area contributed by atoms with E-state index in [1.807, 2.05) is 0 Å². The third-order valence-corrected chi connectivity index (χ3v) is 4.20. The Balaban J connectivity index is 1.95. The highest BCUT2D eigenvalue weighted by Crippen LogP contribution is 2.13. The molecule has 3 heteroatoms. The van der Waals surface area contributed by atoms with Crippen LogP contribution in [0.25, 0.3) is 0 Å². The van der Waals surface area contributed by atoms with Crippen molar-refractivity contribution in [2.75, 3.05) is 13.1 Å². The van der Waals surface area contributed by atoms with Crippen LogP contribution < -0.4 is 10.6 Å². The minimum Gasteiger partial charge on any atom is -0.353 e. The maximum atomic E-state index is 11.8. The van der Waals surface area contributed by atoms with Crippen LogP contribution in [-0.2, 0) is 4.79 Å². The molecule has 2 atom stereocenters. The summed E-state index contributed by atoms with van der Waals surface area (Å²) in [5.41, 5.74) is 0. The molecule has 1 aliphatic heterocycles. The lowest BCUT2D eigenvalue weighted by Gasteiger charge is -2.19. The molecule has 0 radical (unpaired) electrons. The largest absolute Gasteiger partial charge is 0.353 e. The van der Waals surface area contributed by atoms with Crippen LogP contribution >= 0.6 is 0 Å². The third-order valence-electron chi connectivity index (χ3n) is 4.20. The van der Waals surface area contributed by atoms with E-state index in [0.29, 0.717) is 18.4 Å². The molecule has 1 rings (SSSR count). The average Bonchev–Trinajstić information content (AvgIpc) is 2.91. The standard InChI is InChI=1S/C16H32N2O/c1-3-4-5-6-7-8-9-10-16(19)18-14(2)15-11-12-17-13-15/h14-15,17H,3-13H2,1-2H3,(H,18,19). The highest BCUT2D eigenvalue weighted by atomic mass is 16.1. The molecular formula is C16H32N2O. The molecule has 0 saturated carbocycles. The summed E-state index contributed by atoms with van der Waals surface area (Å²) in [6.45, 7) is 6.53. The number of carbonyl (C=O) groups is 1. The normalized spacial score (nSPS) is 20.4. The number of carbonyl (C=O) groups excluding carboxylic acids is 1. The molecule has 0 aromatic carbocycles. The predicted octanol–water partition coefficient (Wildman–Crippen LogP) is 3.24. The second-order valence-electron chi connectivity index (χ2n) is 5.98. The summed E-state index contributed by atoms with van der Waals surface area (Å²) in [6, 6.07) is 0.326. The molecule has 0 aromatic rings. The van der Waals surface area contributed by atoms with Crippen LogP contribution in [0.4, 0.5) is 0 Å². The molecule has 0 aromatic heterocycles. The molecule has 1 aliphatic rings. The van der Waals surface area contributed by atoms with Crippen molar-refractivity contribution in [3.63, 3.8) is 0 Å². The van der Waals surface area contributed by atoms with Gasteiger partial charge < -0.3 is 10.6 Å². The molecule has 112 valence electrons. The van der Waals surface area contributed by atoms with Gasteiger partial charge in [-0.2, -0.15) is 0 Å². The lowest BCUT2D eigenvalue weighted by Crippen LogP contribution is -2.38. The van der Waals surface area contributed by atoms with Gasteiger partial charge in [0.05, 0.1) is 0 Å². The maximum absolute atomic E-state index is 11.8. The van der Waals surface area contributed by atoms with E-state index in [4.69, 9.17) is 0 Å². The van der Waals surface area contributed by atoms with Crippen LogP contribution in [-0.4, -0.2) is 25.0 Å². The van der Waals surface area contributed by atoms with Gasteiger partial charge in [0.25, 0.3) is 0 Å². The number of nitrogens with one attached hydrogen (secondary N) is 2. The molecule has 0 aliphatic carbocycles. The Morgan fingerprint density at radius 3 is 2.53 bits per heavy atom. The SMILES string of the molecule is CCCCCCCCCC(=O)NC(C)C1CCNC1. The van der Waals surface area contributed by atoms with Crippen molar-refractivity contribution in [2.45, 2.75) is 77.7 Å². The summed E-state index contributed by atoms with van der Waals surface area (Å²) < 4.78 is 0. The predicted molar refractivity (Wildman–Crippen MR) is 81.2 cm³/mol. The van der Waals surface area contributed by atoms with Gasteiger partial charge in [0, 0.05) is 12.5 Å². The molecule has 1 fully saturated rings. The summed E-state index contributed by atoms with van der Waals surface area (Å²) in [5, 5.41) is 6.51. The Morgan fingerprint density at radius 2 is 1.89 bits per heavy atom. The van der Waals surface area contributed by atoms with Crippen LogP contribution in [0.3, 0.4) is 0 Å². The lowest BCUT2D eigenvalue weighted by atomic mass is 10.0. The van der Waals surface area contributed by atoms with Gasteiger partial charge in [0.2, 0.25) is 5.91 Å². The van der Waals surface area contributed by atoms with Gasteiger partial charge in [-0.15, -0.1) is 0 Å². The molecule has 2 unspecified atom stereocenters. The Hall–Kier alpha value is -0.570. The highest BCUT2D eigenvalue weighted by molar-refractivity contribution is 5.76. The van der Waals surface area contributed by atoms with Crippen molar-refractivity contribution in [1.82, 2.24) is 10.6 Å². The number of amides is 1. The first-order valence-electron chi connectivity index (χ1n) is 8.24. The first kappa shape index (κ1) is 16.5. The minimum atomic E-state index is 0.243. The third kappa shape index (κ3) is 7.56. The molecule has 2 N–H and O–H groups in total. The summed E-state index contributed by atoms with van der Waals surface area (Å²) in [5.74, 6) is 0.867. The van der Waals surface area contributed by atoms with Crippen LogP contribution in [0.15, 0.2) is 0 Å². The van der Waals surface area contributed by atoms with Gasteiger partial charge in [0.15, 0.2) is 0 Å². The first-order valence-corrected chi connectivity index (χ1v) is 8.24. The molecular weight excluding hydrogens is 236 g/mol. The van der Waals surface area contributed by atoms with Crippen molar-refractivity contribution in [3.8, 4) is 0 Å². The zero-order chi connectivity index (χ0) is 13.9. The monoisotopic (exact) mass is 268 g/mol. The molecule has 0 spiro atoms. The fourth-order valence-corrected chi connectivity index (χ4v) is 2.79. The molecule has 1 saturated heterocycles. The van der Waals surface area contributed by atoms with Gasteiger partial charge >= 0.3 is 0 Å². The molecule has 19 heavy (non-hydrogen) atoms. The Bertz CT molecular complexity index is 237. The summed E-state index contributed by atoms with van der Waals surface area (Å²) in [6.07, 6.45) is 10.8. The smallest absolute Gasteiger partial charge is 0.220 e. The van der Waals surface area contributed by atoms with E-state index in [1.165, 1.54) is 44.9 Å². The number of hydrogen-bond acceptors (Lipinski definition) is 2. The second-order valence-corrected chi connectivity index (χ2v) is 5.98. The quantitative estimate of drug-likeness (QED) is 0.597.